The van der Waals surface area contributed by atoms with Gasteiger partial charge in [-0.15, -0.1) is 11.3 Å². The van der Waals surface area contributed by atoms with Gasteiger partial charge in [0.05, 0.1) is 29.4 Å². The number of thiazole rings is 1. The topological polar surface area (TPSA) is 129 Å². The summed E-state index contributed by atoms with van der Waals surface area (Å²) in [5, 5.41) is 16.3. The molecule has 1 unspecified atom stereocenters. The Balaban J connectivity index is 1.21. The number of hydrogen-bond acceptors (Lipinski definition) is 9. The molecule has 0 aliphatic carbocycles. The number of aromatic nitrogens is 4. The maximum Gasteiger partial charge on any atom is 0.291 e. The molecule has 0 bridgehead atoms. The second-order valence-corrected chi connectivity index (χ2v) is 12.9. The SMILES string of the molecule is Cc1c(NC(=O)c2nc3c(s2)CN(C)CC3)cncc1-c1cccc(NC(=O)c2nc3c(n2C)CCN(CC(C)O)C3)c1C. The van der Waals surface area contributed by atoms with Crippen molar-refractivity contribution >= 4 is 34.5 Å². The van der Waals surface area contributed by atoms with Crippen molar-refractivity contribution in [2.24, 2.45) is 7.05 Å². The molecule has 0 spiro atoms. The number of amides is 2. The lowest BCUT2D eigenvalue weighted by molar-refractivity contribution is 0.101. The highest BCUT2D eigenvalue weighted by Crippen LogP contribution is 2.34. The number of nitrogens with zero attached hydrogens (tertiary/aromatic N) is 6. The van der Waals surface area contributed by atoms with Crippen LogP contribution in [0.4, 0.5) is 11.4 Å². The Labute approximate surface area is 261 Å². The van der Waals surface area contributed by atoms with Gasteiger partial charge in [-0.05, 0) is 50.6 Å². The van der Waals surface area contributed by atoms with Crippen LogP contribution >= 0.6 is 11.3 Å². The molecule has 0 fully saturated rings. The first kappa shape index (κ1) is 30.1. The van der Waals surface area contributed by atoms with E-state index in [4.69, 9.17) is 0 Å². The van der Waals surface area contributed by atoms with E-state index in [1.54, 1.807) is 19.3 Å². The van der Waals surface area contributed by atoms with E-state index in [-0.39, 0.29) is 11.8 Å². The van der Waals surface area contributed by atoms with Crippen LogP contribution in [0.25, 0.3) is 11.1 Å². The second kappa shape index (κ2) is 12.2. The van der Waals surface area contributed by atoms with Gasteiger partial charge in [0.1, 0.15) is 0 Å². The fourth-order valence-electron chi connectivity index (χ4n) is 6.07. The Morgan fingerprint density at radius 2 is 1.73 bits per heavy atom. The summed E-state index contributed by atoms with van der Waals surface area (Å²) in [6, 6.07) is 5.76. The highest BCUT2D eigenvalue weighted by atomic mass is 32.1. The van der Waals surface area contributed by atoms with Gasteiger partial charge < -0.3 is 25.2 Å². The highest BCUT2D eigenvalue weighted by molar-refractivity contribution is 7.13. The molecule has 44 heavy (non-hydrogen) atoms. The van der Waals surface area contributed by atoms with Crippen LogP contribution in [-0.4, -0.2) is 79.0 Å². The van der Waals surface area contributed by atoms with Crippen molar-refractivity contribution in [3.05, 3.63) is 74.5 Å². The minimum absolute atomic E-state index is 0.237. The minimum atomic E-state index is -0.417. The molecule has 0 saturated heterocycles. The number of likely N-dealkylation sites (N-methyl/N-ethyl adjacent to an activating group) is 1. The molecule has 4 aromatic rings. The molecular formula is C32H38N8O3S. The van der Waals surface area contributed by atoms with Gasteiger partial charge in [-0.1, -0.05) is 12.1 Å². The third-order valence-corrected chi connectivity index (χ3v) is 9.59. The molecule has 5 heterocycles. The van der Waals surface area contributed by atoms with Gasteiger partial charge in [0, 0.05) is 80.6 Å². The first-order valence-corrected chi connectivity index (χ1v) is 15.7. The monoisotopic (exact) mass is 614 g/mol. The Morgan fingerprint density at radius 3 is 2.52 bits per heavy atom. The quantitative estimate of drug-likeness (QED) is 0.287. The van der Waals surface area contributed by atoms with E-state index >= 15 is 0 Å². The molecule has 3 aromatic heterocycles. The second-order valence-electron chi connectivity index (χ2n) is 11.8. The van der Waals surface area contributed by atoms with Gasteiger partial charge >= 0.3 is 0 Å². The van der Waals surface area contributed by atoms with Gasteiger partial charge in [0.2, 0.25) is 0 Å². The molecule has 3 N–H and O–H groups in total. The summed E-state index contributed by atoms with van der Waals surface area (Å²) >= 11 is 1.45. The maximum atomic E-state index is 13.5. The predicted molar refractivity (Wildman–Crippen MR) is 171 cm³/mol. The number of benzene rings is 1. The molecule has 2 aliphatic rings. The average Bonchev–Trinajstić information content (AvgIpc) is 3.55. The van der Waals surface area contributed by atoms with Gasteiger partial charge in [0.15, 0.2) is 10.8 Å². The first-order chi connectivity index (χ1) is 21.1. The van der Waals surface area contributed by atoms with Crippen LogP contribution in [0.15, 0.2) is 30.6 Å². The number of nitrogens with one attached hydrogen (secondary N) is 2. The van der Waals surface area contributed by atoms with Crippen molar-refractivity contribution in [2.75, 3.05) is 37.3 Å². The van der Waals surface area contributed by atoms with E-state index in [2.05, 4.69) is 42.4 Å². The fourth-order valence-corrected chi connectivity index (χ4v) is 7.16. The summed E-state index contributed by atoms with van der Waals surface area (Å²) in [5.41, 5.74) is 7.76. The summed E-state index contributed by atoms with van der Waals surface area (Å²) in [6.45, 7) is 9.45. The van der Waals surface area contributed by atoms with Crippen LogP contribution in [0.1, 0.15) is 60.4 Å². The maximum absolute atomic E-state index is 13.5. The van der Waals surface area contributed by atoms with Gasteiger partial charge in [0.25, 0.3) is 11.8 Å². The number of anilines is 2. The third-order valence-electron chi connectivity index (χ3n) is 8.51. The molecule has 230 valence electrons. The van der Waals surface area contributed by atoms with Crippen LogP contribution in [0.2, 0.25) is 0 Å². The van der Waals surface area contributed by atoms with Crippen LogP contribution in [-0.2, 0) is 33.0 Å². The van der Waals surface area contributed by atoms with E-state index < -0.39 is 6.10 Å². The summed E-state index contributed by atoms with van der Waals surface area (Å²) in [4.78, 5) is 45.9. The number of pyridine rings is 1. The number of carbonyl (C=O) groups excluding carboxylic acids is 2. The number of rotatable bonds is 7. The molecule has 2 amide bonds. The summed E-state index contributed by atoms with van der Waals surface area (Å²) in [6.07, 6.45) is 4.64. The van der Waals surface area contributed by atoms with Crippen molar-refractivity contribution in [2.45, 2.75) is 52.8 Å². The predicted octanol–water partition coefficient (Wildman–Crippen LogP) is 3.79. The molecule has 11 nitrogen and oxygen atoms in total. The molecule has 12 heteroatoms. The number of hydrogen-bond donors (Lipinski definition) is 3. The van der Waals surface area contributed by atoms with Crippen molar-refractivity contribution < 1.29 is 14.7 Å². The Morgan fingerprint density at radius 1 is 0.955 bits per heavy atom. The number of fused-ring (bicyclic) bond motifs is 2. The van der Waals surface area contributed by atoms with Crippen LogP contribution in [0.5, 0.6) is 0 Å². The largest absolute Gasteiger partial charge is 0.392 e. The van der Waals surface area contributed by atoms with E-state index in [9.17, 15) is 14.7 Å². The van der Waals surface area contributed by atoms with Crippen LogP contribution in [0.3, 0.4) is 0 Å². The minimum Gasteiger partial charge on any atom is -0.392 e. The molecule has 1 atom stereocenters. The molecule has 0 radical (unpaired) electrons. The molecule has 1 aromatic carbocycles. The first-order valence-electron chi connectivity index (χ1n) is 14.9. The number of β-amino-alcohol motifs (C(OH)–C–C–N with tert-alkyl or cyclic N) is 1. The highest BCUT2D eigenvalue weighted by Gasteiger charge is 2.27. The zero-order valence-corrected chi connectivity index (χ0v) is 26.6. The van der Waals surface area contributed by atoms with E-state index in [0.29, 0.717) is 35.3 Å². The van der Waals surface area contributed by atoms with Crippen LogP contribution < -0.4 is 10.6 Å². The zero-order chi connectivity index (χ0) is 31.1. The standard InChI is InChI=1S/C32H38N8O3S/c1-18(41)15-40-12-10-27-26(16-40)34-29(39(27)5)30(42)35-23-8-6-7-21(19(23)2)22-13-33-14-25(20(22)3)36-31(43)32-37-24-9-11-38(4)17-28(24)44-32/h6-8,13-14,18,41H,9-12,15-17H2,1-5H3,(H,35,42)(H,36,43). The average molecular weight is 615 g/mol. The summed E-state index contributed by atoms with van der Waals surface area (Å²) in [7, 11) is 3.95. The smallest absolute Gasteiger partial charge is 0.291 e. The van der Waals surface area contributed by atoms with Crippen LogP contribution in [0, 0.1) is 13.8 Å². The normalized spacial score (nSPS) is 15.9. The molecular weight excluding hydrogens is 576 g/mol. The lowest BCUT2D eigenvalue weighted by Crippen LogP contribution is -2.36. The Kier molecular flexibility index (Phi) is 8.34. The van der Waals surface area contributed by atoms with Gasteiger partial charge in [-0.3, -0.25) is 19.5 Å². The van der Waals surface area contributed by atoms with Crippen molar-refractivity contribution in [1.29, 1.82) is 0 Å². The number of aliphatic hydroxyl groups excluding tert-OH is 1. The Hall–Kier alpha value is -3.97. The van der Waals surface area contributed by atoms with E-state index in [1.165, 1.54) is 11.3 Å². The van der Waals surface area contributed by atoms with E-state index in [0.717, 1.165) is 76.7 Å². The summed E-state index contributed by atoms with van der Waals surface area (Å²) < 4.78 is 1.88. The Bertz CT molecular complexity index is 1740. The van der Waals surface area contributed by atoms with Crippen molar-refractivity contribution in [3.8, 4) is 11.1 Å². The lowest BCUT2D eigenvalue weighted by Gasteiger charge is -2.27. The van der Waals surface area contributed by atoms with Crippen molar-refractivity contribution in [3.63, 3.8) is 0 Å². The van der Waals surface area contributed by atoms with E-state index in [1.807, 2.05) is 43.7 Å². The van der Waals surface area contributed by atoms with Crippen molar-refractivity contribution in [1.82, 2.24) is 29.3 Å². The fraction of sp³-hybridized carbons (Fsp3) is 0.406. The molecule has 6 rings (SSSR count). The lowest BCUT2D eigenvalue weighted by atomic mass is 9.96. The van der Waals surface area contributed by atoms with Gasteiger partial charge in [-0.25, -0.2) is 9.97 Å². The number of aliphatic hydroxyl groups is 1. The summed E-state index contributed by atoms with van der Waals surface area (Å²) in [5.74, 6) is -0.159. The molecule has 0 saturated carbocycles. The number of carbonyl (C=O) groups is 2. The van der Waals surface area contributed by atoms with Gasteiger partial charge in [-0.2, -0.15) is 0 Å². The third kappa shape index (κ3) is 5.90. The number of imidazole rings is 1. The molecule has 2 aliphatic heterocycles. The zero-order valence-electron chi connectivity index (χ0n) is 25.8.